The van der Waals surface area contributed by atoms with Crippen molar-refractivity contribution in [3.8, 4) is 0 Å². The highest BCUT2D eigenvalue weighted by molar-refractivity contribution is 5.49. The summed E-state index contributed by atoms with van der Waals surface area (Å²) >= 11 is 0. The highest BCUT2D eigenvalue weighted by Gasteiger charge is 2.19. The van der Waals surface area contributed by atoms with E-state index in [0.29, 0.717) is 12.1 Å². The summed E-state index contributed by atoms with van der Waals surface area (Å²) in [5, 5.41) is 3.52. The minimum absolute atomic E-state index is 0.468. The quantitative estimate of drug-likeness (QED) is 0.883. The lowest BCUT2D eigenvalue weighted by Crippen LogP contribution is -2.43. The van der Waals surface area contributed by atoms with Gasteiger partial charge in [-0.2, -0.15) is 0 Å². The largest absolute Gasteiger partial charge is 0.377 e. The fourth-order valence-corrected chi connectivity index (χ4v) is 2.75. The van der Waals surface area contributed by atoms with Crippen LogP contribution < -0.4 is 10.2 Å². The Morgan fingerprint density at radius 1 is 1.32 bits per heavy atom. The molecule has 1 aromatic carbocycles. The predicted molar refractivity (Wildman–Crippen MR) is 80.8 cm³/mol. The number of rotatable bonds is 5. The van der Waals surface area contributed by atoms with Crippen LogP contribution in [0.3, 0.4) is 0 Å². The normalized spacial score (nSPS) is 21.4. The highest BCUT2D eigenvalue weighted by atomic mass is 16.5. The summed E-state index contributed by atoms with van der Waals surface area (Å²) in [4.78, 5) is 2.43. The molecule has 0 aliphatic carbocycles. The van der Waals surface area contributed by atoms with Crippen molar-refractivity contribution in [2.75, 3.05) is 31.2 Å². The van der Waals surface area contributed by atoms with Gasteiger partial charge in [0.25, 0.3) is 0 Å². The van der Waals surface area contributed by atoms with Gasteiger partial charge in [0.15, 0.2) is 0 Å². The van der Waals surface area contributed by atoms with Crippen LogP contribution >= 0.6 is 0 Å². The Hall–Kier alpha value is -1.06. The van der Waals surface area contributed by atoms with E-state index in [9.17, 15) is 0 Å². The summed E-state index contributed by atoms with van der Waals surface area (Å²) in [6.45, 7) is 10.3. The molecule has 0 amide bonds. The van der Waals surface area contributed by atoms with Crippen molar-refractivity contribution in [2.45, 2.75) is 39.3 Å². The molecule has 0 spiro atoms. The number of benzene rings is 1. The molecule has 1 heterocycles. The molecule has 3 heteroatoms. The number of nitrogens with one attached hydrogen (secondary N) is 1. The minimum Gasteiger partial charge on any atom is -0.377 e. The lowest BCUT2D eigenvalue weighted by Gasteiger charge is -2.35. The average Bonchev–Trinajstić information content (AvgIpc) is 2.46. The molecule has 1 aromatic rings. The molecule has 1 N–H and O–H groups in total. The van der Waals surface area contributed by atoms with Crippen molar-refractivity contribution in [1.82, 2.24) is 5.32 Å². The molecule has 2 rings (SSSR count). The third-order valence-corrected chi connectivity index (χ3v) is 3.85. The molecule has 0 radical (unpaired) electrons. The average molecular weight is 262 g/mol. The number of nitrogens with zero attached hydrogens (tertiary/aromatic N) is 1. The molecule has 1 aliphatic rings. The Bertz CT molecular complexity index is 377. The molecule has 1 fully saturated rings. The molecule has 1 saturated heterocycles. The van der Waals surface area contributed by atoms with Crippen molar-refractivity contribution in [3.63, 3.8) is 0 Å². The van der Waals surface area contributed by atoms with E-state index in [2.05, 4.69) is 55.3 Å². The van der Waals surface area contributed by atoms with Crippen LogP contribution in [0.1, 0.15) is 38.8 Å². The molecular weight excluding hydrogens is 236 g/mol. The zero-order valence-electron chi connectivity index (χ0n) is 12.4. The standard InChI is InChI=1S/C16H26N2O/c1-4-16(17-5-2)14-6-8-15(9-7-14)18-10-11-19-12-13(18)3/h6-9,13,16-17H,4-5,10-12H2,1-3H3. The minimum atomic E-state index is 0.468. The molecule has 0 saturated carbocycles. The Balaban J connectivity index is 2.08. The summed E-state index contributed by atoms with van der Waals surface area (Å²) in [5.74, 6) is 0. The lowest BCUT2D eigenvalue weighted by atomic mass is 10.0. The second-order valence-electron chi connectivity index (χ2n) is 5.23. The molecule has 0 aromatic heterocycles. The Morgan fingerprint density at radius 2 is 2.05 bits per heavy atom. The SMILES string of the molecule is CCNC(CC)c1ccc(N2CCOCC2C)cc1. The van der Waals surface area contributed by atoms with Crippen molar-refractivity contribution < 1.29 is 4.74 Å². The fraction of sp³-hybridized carbons (Fsp3) is 0.625. The molecule has 0 bridgehead atoms. The van der Waals surface area contributed by atoms with E-state index in [-0.39, 0.29) is 0 Å². The Morgan fingerprint density at radius 3 is 2.63 bits per heavy atom. The van der Waals surface area contributed by atoms with Gasteiger partial charge in [0.2, 0.25) is 0 Å². The van der Waals surface area contributed by atoms with Crippen molar-refractivity contribution >= 4 is 5.69 Å². The van der Waals surface area contributed by atoms with Gasteiger partial charge in [-0.3, -0.25) is 0 Å². The summed E-state index contributed by atoms with van der Waals surface area (Å²) in [7, 11) is 0. The van der Waals surface area contributed by atoms with Crippen LogP contribution in [0.4, 0.5) is 5.69 Å². The molecule has 1 aliphatic heterocycles. The third-order valence-electron chi connectivity index (χ3n) is 3.85. The topological polar surface area (TPSA) is 24.5 Å². The van der Waals surface area contributed by atoms with Gasteiger partial charge >= 0.3 is 0 Å². The monoisotopic (exact) mass is 262 g/mol. The number of ether oxygens (including phenoxy) is 1. The van der Waals surface area contributed by atoms with Crippen molar-refractivity contribution in [1.29, 1.82) is 0 Å². The van der Waals surface area contributed by atoms with Crippen molar-refractivity contribution in [3.05, 3.63) is 29.8 Å². The number of hydrogen-bond donors (Lipinski definition) is 1. The van der Waals surface area contributed by atoms with E-state index in [4.69, 9.17) is 4.74 Å². The summed E-state index contributed by atoms with van der Waals surface area (Å²) in [5.41, 5.74) is 2.69. The second-order valence-corrected chi connectivity index (χ2v) is 5.23. The zero-order valence-corrected chi connectivity index (χ0v) is 12.4. The van der Waals surface area contributed by atoms with Gasteiger partial charge in [-0.25, -0.2) is 0 Å². The summed E-state index contributed by atoms with van der Waals surface area (Å²) in [6, 6.07) is 9.95. The number of morpholine rings is 1. The molecule has 2 unspecified atom stereocenters. The van der Waals surface area contributed by atoms with E-state index in [0.717, 1.165) is 32.7 Å². The summed E-state index contributed by atoms with van der Waals surface area (Å²) < 4.78 is 5.49. The zero-order chi connectivity index (χ0) is 13.7. The van der Waals surface area contributed by atoms with Crippen LogP contribution in [0, 0.1) is 0 Å². The molecule has 19 heavy (non-hydrogen) atoms. The lowest BCUT2D eigenvalue weighted by molar-refractivity contribution is 0.0989. The molecular formula is C16H26N2O. The van der Waals surface area contributed by atoms with E-state index in [1.165, 1.54) is 11.3 Å². The first kappa shape index (κ1) is 14.4. The van der Waals surface area contributed by atoms with Gasteiger partial charge in [0.05, 0.1) is 13.2 Å². The fourth-order valence-electron chi connectivity index (χ4n) is 2.75. The second kappa shape index (κ2) is 6.92. The number of anilines is 1. The van der Waals surface area contributed by atoms with Gasteiger partial charge < -0.3 is 15.0 Å². The van der Waals surface area contributed by atoms with Gasteiger partial charge in [-0.15, -0.1) is 0 Å². The maximum atomic E-state index is 5.49. The predicted octanol–water partition coefficient (Wildman–Crippen LogP) is 2.97. The van der Waals surface area contributed by atoms with Crippen LogP contribution in [0.25, 0.3) is 0 Å². The van der Waals surface area contributed by atoms with E-state index in [1.807, 2.05) is 0 Å². The smallest absolute Gasteiger partial charge is 0.0668 e. The van der Waals surface area contributed by atoms with Crippen molar-refractivity contribution in [2.24, 2.45) is 0 Å². The molecule has 2 atom stereocenters. The Kier molecular flexibility index (Phi) is 5.23. The van der Waals surface area contributed by atoms with Gasteiger partial charge in [-0.1, -0.05) is 26.0 Å². The maximum Gasteiger partial charge on any atom is 0.0668 e. The van der Waals surface area contributed by atoms with Crippen LogP contribution in [-0.2, 0) is 4.74 Å². The van der Waals surface area contributed by atoms with E-state index >= 15 is 0 Å². The molecule has 3 nitrogen and oxygen atoms in total. The third kappa shape index (κ3) is 3.48. The first-order chi connectivity index (χ1) is 9.26. The van der Waals surface area contributed by atoms with Crippen LogP contribution in [0.5, 0.6) is 0 Å². The maximum absolute atomic E-state index is 5.49. The van der Waals surface area contributed by atoms with Gasteiger partial charge in [0, 0.05) is 24.3 Å². The van der Waals surface area contributed by atoms with Crippen LogP contribution in [-0.4, -0.2) is 32.3 Å². The first-order valence-corrected chi connectivity index (χ1v) is 7.44. The molecule has 106 valence electrons. The highest BCUT2D eigenvalue weighted by Crippen LogP contribution is 2.23. The van der Waals surface area contributed by atoms with Crippen LogP contribution in [0.2, 0.25) is 0 Å². The van der Waals surface area contributed by atoms with E-state index < -0.39 is 0 Å². The van der Waals surface area contributed by atoms with Gasteiger partial charge in [-0.05, 0) is 37.6 Å². The number of hydrogen-bond acceptors (Lipinski definition) is 3. The summed E-state index contributed by atoms with van der Waals surface area (Å²) in [6.07, 6.45) is 1.13. The van der Waals surface area contributed by atoms with Gasteiger partial charge in [0.1, 0.15) is 0 Å². The Labute approximate surface area is 116 Å². The van der Waals surface area contributed by atoms with E-state index in [1.54, 1.807) is 0 Å². The van der Waals surface area contributed by atoms with Crippen LogP contribution in [0.15, 0.2) is 24.3 Å². The first-order valence-electron chi connectivity index (χ1n) is 7.44.